The fraction of sp³-hybridized carbons (Fsp3) is 0.333. The van der Waals surface area contributed by atoms with Crippen molar-refractivity contribution in [3.8, 4) is 17.2 Å². The topological polar surface area (TPSA) is 49.7 Å². The number of benzene rings is 2. The van der Waals surface area contributed by atoms with Crippen molar-refractivity contribution in [3.63, 3.8) is 0 Å². The molecule has 0 amide bonds. The van der Waals surface area contributed by atoms with Gasteiger partial charge in [0.1, 0.15) is 22.8 Å². The van der Waals surface area contributed by atoms with Crippen LogP contribution in [-0.4, -0.2) is 15.8 Å². The first-order valence-corrected chi connectivity index (χ1v) is 9.42. The molecule has 0 aromatic heterocycles. The first-order valence-electron chi connectivity index (χ1n) is 9.42. The number of hydrogen-bond donors (Lipinski definition) is 2. The van der Waals surface area contributed by atoms with Gasteiger partial charge in [-0.05, 0) is 88.4 Å². The number of fused-ring (bicyclic) bond motifs is 1. The molecule has 0 fully saturated rings. The Morgan fingerprint density at radius 3 is 2.44 bits per heavy atom. The standard InChI is InChI=1S/C24H28O3/c1-16(2)5-12-20-18(9-6-17-7-10-19(25)11-8-17)15-22(26)21-13-14-24(3,4)27-23(20)21/h5,7-8,10-11,13-15,25-26H,6,9,12H2,1-4H3. The van der Waals surface area contributed by atoms with Gasteiger partial charge in [0.15, 0.2) is 0 Å². The molecular formula is C24H28O3. The molecule has 1 heterocycles. The van der Waals surface area contributed by atoms with Gasteiger partial charge >= 0.3 is 0 Å². The van der Waals surface area contributed by atoms with Crippen molar-refractivity contribution in [1.82, 2.24) is 0 Å². The van der Waals surface area contributed by atoms with Gasteiger partial charge in [0.2, 0.25) is 0 Å². The second kappa shape index (κ2) is 7.51. The summed E-state index contributed by atoms with van der Waals surface area (Å²) in [5, 5.41) is 20.0. The summed E-state index contributed by atoms with van der Waals surface area (Å²) in [5.74, 6) is 1.33. The van der Waals surface area contributed by atoms with E-state index in [0.29, 0.717) is 0 Å². The molecule has 0 aliphatic carbocycles. The van der Waals surface area contributed by atoms with Crippen LogP contribution in [0.25, 0.3) is 6.08 Å². The van der Waals surface area contributed by atoms with E-state index in [-0.39, 0.29) is 11.5 Å². The largest absolute Gasteiger partial charge is 0.508 e. The van der Waals surface area contributed by atoms with Gasteiger partial charge in [-0.1, -0.05) is 23.8 Å². The molecule has 0 saturated heterocycles. The van der Waals surface area contributed by atoms with E-state index in [2.05, 4.69) is 19.9 Å². The molecule has 2 aromatic carbocycles. The highest BCUT2D eigenvalue weighted by Crippen LogP contribution is 2.42. The second-order valence-corrected chi connectivity index (χ2v) is 7.97. The molecule has 0 atom stereocenters. The van der Waals surface area contributed by atoms with Crippen LogP contribution in [0.1, 0.15) is 49.9 Å². The quantitative estimate of drug-likeness (QED) is 0.681. The fourth-order valence-corrected chi connectivity index (χ4v) is 3.31. The summed E-state index contributed by atoms with van der Waals surface area (Å²) in [4.78, 5) is 0. The molecule has 0 bridgehead atoms. The van der Waals surface area contributed by atoms with E-state index in [0.717, 1.165) is 47.3 Å². The van der Waals surface area contributed by atoms with Crippen molar-refractivity contribution in [1.29, 1.82) is 0 Å². The molecule has 0 unspecified atom stereocenters. The summed E-state index contributed by atoms with van der Waals surface area (Å²) >= 11 is 0. The number of aryl methyl sites for hydroxylation is 2. The zero-order valence-corrected chi connectivity index (χ0v) is 16.5. The second-order valence-electron chi connectivity index (χ2n) is 7.97. The van der Waals surface area contributed by atoms with Gasteiger partial charge in [0.25, 0.3) is 0 Å². The van der Waals surface area contributed by atoms with E-state index in [9.17, 15) is 10.2 Å². The van der Waals surface area contributed by atoms with Crippen LogP contribution >= 0.6 is 0 Å². The lowest BCUT2D eigenvalue weighted by Crippen LogP contribution is -2.28. The predicted octanol–water partition coefficient (Wildman–Crippen LogP) is 5.58. The molecular weight excluding hydrogens is 336 g/mol. The zero-order valence-electron chi connectivity index (χ0n) is 16.5. The average molecular weight is 364 g/mol. The average Bonchev–Trinajstić information content (AvgIpc) is 2.59. The minimum Gasteiger partial charge on any atom is -0.508 e. The van der Waals surface area contributed by atoms with Crippen LogP contribution in [0.5, 0.6) is 17.2 Å². The summed E-state index contributed by atoms with van der Waals surface area (Å²) in [7, 11) is 0. The number of rotatable bonds is 5. The Morgan fingerprint density at radius 1 is 1.07 bits per heavy atom. The van der Waals surface area contributed by atoms with Crippen molar-refractivity contribution in [2.24, 2.45) is 0 Å². The maximum Gasteiger partial charge on any atom is 0.135 e. The molecule has 2 N–H and O–H groups in total. The maximum absolute atomic E-state index is 10.6. The summed E-state index contributed by atoms with van der Waals surface area (Å²) in [6.07, 6.45) is 8.55. The van der Waals surface area contributed by atoms with E-state index in [1.165, 1.54) is 5.57 Å². The maximum atomic E-state index is 10.6. The van der Waals surface area contributed by atoms with Crippen molar-refractivity contribution in [3.05, 3.63) is 70.3 Å². The van der Waals surface area contributed by atoms with Gasteiger partial charge in [0.05, 0.1) is 5.56 Å². The van der Waals surface area contributed by atoms with Crippen LogP contribution in [0.3, 0.4) is 0 Å². The number of phenols is 2. The van der Waals surface area contributed by atoms with E-state index in [1.54, 1.807) is 12.1 Å². The lowest BCUT2D eigenvalue weighted by Gasteiger charge is -2.31. The van der Waals surface area contributed by atoms with Gasteiger partial charge in [-0.3, -0.25) is 0 Å². The Kier molecular flexibility index (Phi) is 5.31. The van der Waals surface area contributed by atoms with Crippen LogP contribution in [0.2, 0.25) is 0 Å². The van der Waals surface area contributed by atoms with Crippen LogP contribution in [-0.2, 0) is 19.3 Å². The first kappa shape index (κ1) is 19.1. The lowest BCUT2D eigenvalue weighted by molar-refractivity contribution is 0.156. The Hall–Kier alpha value is -2.68. The lowest BCUT2D eigenvalue weighted by atomic mass is 9.91. The highest BCUT2D eigenvalue weighted by Gasteiger charge is 2.27. The summed E-state index contributed by atoms with van der Waals surface area (Å²) in [6, 6.07) is 9.16. The Morgan fingerprint density at radius 2 is 1.78 bits per heavy atom. The van der Waals surface area contributed by atoms with Crippen LogP contribution < -0.4 is 4.74 Å². The molecule has 27 heavy (non-hydrogen) atoms. The summed E-state index contributed by atoms with van der Waals surface area (Å²) < 4.78 is 6.26. The van der Waals surface area contributed by atoms with Crippen LogP contribution in [0, 0.1) is 0 Å². The fourth-order valence-electron chi connectivity index (χ4n) is 3.31. The number of ether oxygens (including phenoxy) is 1. The van der Waals surface area contributed by atoms with E-state index >= 15 is 0 Å². The van der Waals surface area contributed by atoms with Gasteiger partial charge in [-0.2, -0.15) is 0 Å². The van der Waals surface area contributed by atoms with Crippen molar-refractivity contribution < 1.29 is 14.9 Å². The molecule has 0 saturated carbocycles. The molecule has 1 aliphatic heterocycles. The molecule has 142 valence electrons. The molecule has 1 aliphatic rings. The summed E-state index contributed by atoms with van der Waals surface area (Å²) in [5.41, 5.74) is 5.02. The third kappa shape index (κ3) is 4.54. The van der Waals surface area contributed by atoms with Gasteiger partial charge in [-0.25, -0.2) is 0 Å². The van der Waals surface area contributed by atoms with Gasteiger partial charge < -0.3 is 14.9 Å². The van der Waals surface area contributed by atoms with Crippen molar-refractivity contribution in [2.75, 3.05) is 0 Å². The van der Waals surface area contributed by atoms with E-state index < -0.39 is 5.60 Å². The molecule has 3 rings (SSSR count). The molecule has 0 radical (unpaired) electrons. The third-order valence-electron chi connectivity index (χ3n) is 4.84. The smallest absolute Gasteiger partial charge is 0.135 e. The minimum atomic E-state index is -0.394. The number of hydrogen-bond acceptors (Lipinski definition) is 3. The number of aromatic hydroxyl groups is 2. The molecule has 3 heteroatoms. The van der Waals surface area contributed by atoms with E-state index in [1.807, 2.05) is 44.2 Å². The van der Waals surface area contributed by atoms with E-state index in [4.69, 9.17) is 4.74 Å². The Bertz CT molecular complexity index is 883. The normalized spacial score (nSPS) is 14.4. The monoisotopic (exact) mass is 364 g/mol. The third-order valence-corrected chi connectivity index (χ3v) is 4.84. The van der Waals surface area contributed by atoms with Crippen molar-refractivity contribution >= 4 is 6.08 Å². The van der Waals surface area contributed by atoms with Gasteiger partial charge in [0, 0.05) is 5.56 Å². The first-order chi connectivity index (χ1) is 12.7. The predicted molar refractivity (Wildman–Crippen MR) is 110 cm³/mol. The van der Waals surface area contributed by atoms with Crippen molar-refractivity contribution in [2.45, 2.75) is 52.6 Å². The molecule has 3 nitrogen and oxygen atoms in total. The summed E-state index contributed by atoms with van der Waals surface area (Å²) in [6.45, 7) is 8.23. The minimum absolute atomic E-state index is 0.262. The van der Waals surface area contributed by atoms with Crippen LogP contribution in [0.4, 0.5) is 0 Å². The SMILES string of the molecule is CC(C)=CCc1c(CCc2ccc(O)cc2)cc(O)c2c1OC(C)(C)C=C2. The highest BCUT2D eigenvalue weighted by molar-refractivity contribution is 5.70. The van der Waals surface area contributed by atoms with Gasteiger partial charge in [-0.15, -0.1) is 0 Å². The molecule has 0 spiro atoms. The zero-order chi connectivity index (χ0) is 19.6. The number of allylic oxidation sites excluding steroid dienone is 2. The Labute approximate surface area is 161 Å². The number of phenolic OH excluding ortho intramolecular Hbond substituents is 2. The van der Waals surface area contributed by atoms with Crippen LogP contribution in [0.15, 0.2) is 48.1 Å². The highest BCUT2D eigenvalue weighted by atomic mass is 16.5. The molecule has 2 aromatic rings. The Balaban J connectivity index is 1.99.